The molecule has 2 unspecified atom stereocenters. The van der Waals surface area contributed by atoms with Gasteiger partial charge in [-0.1, -0.05) is 39.7 Å². The molecule has 1 aromatic rings. The maximum Gasteiger partial charge on any atom is 0.121 e. The Kier molecular flexibility index (Phi) is 6.41. The van der Waals surface area contributed by atoms with Crippen LogP contribution in [0.15, 0.2) is 24.3 Å². The molecule has 118 valence electrons. The second-order valence-electron chi connectivity index (χ2n) is 6.73. The highest BCUT2D eigenvalue weighted by Gasteiger charge is 2.20. The predicted octanol–water partition coefficient (Wildman–Crippen LogP) is 5.49. The van der Waals surface area contributed by atoms with Gasteiger partial charge in [-0.15, -0.1) is 0 Å². The topological polar surface area (TPSA) is 21.3 Å². The third-order valence-corrected chi connectivity index (χ3v) is 4.63. The fourth-order valence-corrected chi connectivity index (χ4v) is 3.27. The molecule has 1 aliphatic rings. The van der Waals surface area contributed by atoms with E-state index in [-0.39, 0.29) is 0 Å². The summed E-state index contributed by atoms with van der Waals surface area (Å²) in [5.74, 6) is 2.72. The van der Waals surface area contributed by atoms with Gasteiger partial charge in [0.2, 0.25) is 0 Å². The number of rotatable bonds is 6. The Labute approximate surface area is 130 Å². The lowest BCUT2D eigenvalue weighted by atomic mass is 9.89. The summed E-state index contributed by atoms with van der Waals surface area (Å²) in [5, 5.41) is 3.72. The van der Waals surface area contributed by atoms with Gasteiger partial charge >= 0.3 is 0 Å². The first-order valence-electron chi connectivity index (χ1n) is 8.68. The lowest BCUT2D eigenvalue weighted by molar-refractivity contribution is 0.317. The van der Waals surface area contributed by atoms with Gasteiger partial charge < -0.3 is 10.1 Å². The lowest BCUT2D eigenvalue weighted by Gasteiger charge is -2.20. The normalized spacial score (nSPS) is 22.9. The van der Waals surface area contributed by atoms with E-state index >= 15 is 0 Å². The van der Waals surface area contributed by atoms with Crippen molar-refractivity contribution in [3.8, 4) is 5.75 Å². The molecule has 1 N–H and O–H groups in total. The van der Waals surface area contributed by atoms with Gasteiger partial charge in [0.1, 0.15) is 5.75 Å². The molecule has 0 amide bonds. The average molecular weight is 289 g/mol. The van der Waals surface area contributed by atoms with Crippen LogP contribution in [-0.4, -0.2) is 12.6 Å². The van der Waals surface area contributed by atoms with E-state index in [4.69, 9.17) is 4.74 Å². The minimum atomic E-state index is 0.621. The van der Waals surface area contributed by atoms with Crippen molar-refractivity contribution in [3.63, 3.8) is 0 Å². The van der Waals surface area contributed by atoms with Crippen molar-refractivity contribution in [1.29, 1.82) is 0 Å². The van der Waals surface area contributed by atoms with Gasteiger partial charge in [0.25, 0.3) is 0 Å². The monoisotopic (exact) mass is 289 g/mol. The van der Waals surface area contributed by atoms with Gasteiger partial charge in [-0.2, -0.15) is 0 Å². The van der Waals surface area contributed by atoms with Gasteiger partial charge in [-0.3, -0.25) is 0 Å². The van der Waals surface area contributed by atoms with Gasteiger partial charge in [0, 0.05) is 17.8 Å². The molecule has 0 bridgehead atoms. The Bertz CT molecular complexity index is 416. The molecule has 2 rings (SSSR count). The van der Waals surface area contributed by atoms with Gasteiger partial charge in [0.05, 0.1) is 6.61 Å². The number of nitrogens with one attached hydrogen (secondary N) is 1. The first-order chi connectivity index (χ1) is 10.2. The first-order valence-corrected chi connectivity index (χ1v) is 8.68. The lowest BCUT2D eigenvalue weighted by Crippen LogP contribution is -2.18. The minimum absolute atomic E-state index is 0.621. The Morgan fingerprint density at radius 2 is 2.05 bits per heavy atom. The van der Waals surface area contributed by atoms with Crippen LogP contribution in [0.1, 0.15) is 59.3 Å². The molecule has 1 aliphatic carbocycles. The SMILES string of the molecule is CCCOc1cccc(NC2CCCC(C(C)C)CC2)c1. The molecule has 0 saturated heterocycles. The molecule has 0 spiro atoms. The summed E-state index contributed by atoms with van der Waals surface area (Å²) in [4.78, 5) is 0. The Hall–Kier alpha value is -1.18. The maximum absolute atomic E-state index is 5.72. The van der Waals surface area contributed by atoms with Crippen molar-refractivity contribution in [2.24, 2.45) is 11.8 Å². The van der Waals surface area contributed by atoms with Gasteiger partial charge in [0.15, 0.2) is 0 Å². The van der Waals surface area contributed by atoms with Crippen LogP contribution in [0.25, 0.3) is 0 Å². The van der Waals surface area contributed by atoms with E-state index in [1.54, 1.807) is 0 Å². The van der Waals surface area contributed by atoms with Crippen LogP contribution in [0.5, 0.6) is 5.75 Å². The third kappa shape index (κ3) is 5.26. The fourth-order valence-electron chi connectivity index (χ4n) is 3.27. The zero-order valence-corrected chi connectivity index (χ0v) is 13.9. The number of hydrogen-bond acceptors (Lipinski definition) is 2. The molecule has 0 radical (unpaired) electrons. The summed E-state index contributed by atoms with van der Waals surface area (Å²) in [7, 11) is 0. The zero-order chi connectivity index (χ0) is 15.1. The quantitative estimate of drug-likeness (QED) is 0.699. The van der Waals surface area contributed by atoms with E-state index in [0.29, 0.717) is 6.04 Å². The third-order valence-electron chi connectivity index (χ3n) is 4.63. The van der Waals surface area contributed by atoms with E-state index < -0.39 is 0 Å². The fraction of sp³-hybridized carbons (Fsp3) is 0.684. The van der Waals surface area contributed by atoms with Crippen molar-refractivity contribution in [1.82, 2.24) is 0 Å². The molecule has 2 heteroatoms. The van der Waals surface area contributed by atoms with Crippen LogP contribution >= 0.6 is 0 Å². The maximum atomic E-state index is 5.72. The highest BCUT2D eigenvalue weighted by Crippen LogP contribution is 2.30. The molecule has 1 saturated carbocycles. The molecular formula is C19H31NO. The second kappa shape index (κ2) is 8.31. The van der Waals surface area contributed by atoms with Crippen LogP contribution in [0.4, 0.5) is 5.69 Å². The molecule has 0 heterocycles. The van der Waals surface area contributed by atoms with Crippen molar-refractivity contribution in [3.05, 3.63) is 24.3 Å². The minimum Gasteiger partial charge on any atom is -0.494 e. The van der Waals surface area contributed by atoms with Crippen LogP contribution in [0.2, 0.25) is 0 Å². The van der Waals surface area contributed by atoms with Crippen LogP contribution < -0.4 is 10.1 Å². The van der Waals surface area contributed by atoms with Crippen LogP contribution in [0, 0.1) is 11.8 Å². The molecule has 21 heavy (non-hydrogen) atoms. The van der Waals surface area contributed by atoms with E-state index in [0.717, 1.165) is 30.6 Å². The summed E-state index contributed by atoms with van der Waals surface area (Å²) in [6.45, 7) is 7.67. The Morgan fingerprint density at radius 1 is 1.19 bits per heavy atom. The Balaban J connectivity index is 1.89. The summed E-state index contributed by atoms with van der Waals surface area (Å²) in [6.07, 6.45) is 7.76. The van der Waals surface area contributed by atoms with Crippen molar-refractivity contribution >= 4 is 5.69 Å². The summed E-state index contributed by atoms with van der Waals surface area (Å²) >= 11 is 0. The predicted molar refractivity (Wildman–Crippen MR) is 91.1 cm³/mol. The van der Waals surface area contributed by atoms with E-state index in [1.807, 2.05) is 6.07 Å². The van der Waals surface area contributed by atoms with Crippen LogP contribution in [-0.2, 0) is 0 Å². The zero-order valence-electron chi connectivity index (χ0n) is 13.9. The highest BCUT2D eigenvalue weighted by atomic mass is 16.5. The molecule has 1 fully saturated rings. The Morgan fingerprint density at radius 3 is 2.81 bits per heavy atom. The molecule has 2 nitrogen and oxygen atoms in total. The molecule has 2 atom stereocenters. The molecular weight excluding hydrogens is 258 g/mol. The summed E-state index contributed by atoms with van der Waals surface area (Å²) in [5.41, 5.74) is 1.21. The van der Waals surface area contributed by atoms with Crippen LogP contribution in [0.3, 0.4) is 0 Å². The first kappa shape index (κ1) is 16.2. The van der Waals surface area contributed by atoms with Gasteiger partial charge in [-0.05, 0) is 49.7 Å². The highest BCUT2D eigenvalue weighted by molar-refractivity contribution is 5.48. The second-order valence-corrected chi connectivity index (χ2v) is 6.73. The number of anilines is 1. The smallest absolute Gasteiger partial charge is 0.121 e. The number of hydrogen-bond donors (Lipinski definition) is 1. The van der Waals surface area contributed by atoms with E-state index in [1.165, 1.54) is 37.8 Å². The molecule has 0 aromatic heterocycles. The van der Waals surface area contributed by atoms with Gasteiger partial charge in [-0.25, -0.2) is 0 Å². The molecule has 0 aliphatic heterocycles. The summed E-state index contributed by atoms with van der Waals surface area (Å²) < 4.78 is 5.72. The van der Waals surface area contributed by atoms with E-state index in [2.05, 4.69) is 44.3 Å². The van der Waals surface area contributed by atoms with Crippen molar-refractivity contribution in [2.45, 2.75) is 65.3 Å². The number of ether oxygens (including phenoxy) is 1. The molecule has 1 aromatic carbocycles. The van der Waals surface area contributed by atoms with E-state index in [9.17, 15) is 0 Å². The largest absolute Gasteiger partial charge is 0.494 e. The standard InChI is InChI=1S/C19H31NO/c1-4-13-21-19-10-6-9-18(14-19)20-17-8-5-7-16(11-12-17)15(2)3/h6,9-10,14-17,20H,4-5,7-8,11-13H2,1-3H3. The van der Waals surface area contributed by atoms with Crippen molar-refractivity contribution < 1.29 is 4.74 Å². The summed E-state index contributed by atoms with van der Waals surface area (Å²) in [6, 6.07) is 9.04. The van der Waals surface area contributed by atoms with Crippen molar-refractivity contribution in [2.75, 3.05) is 11.9 Å². The average Bonchev–Trinajstić information content (AvgIpc) is 2.71. The number of benzene rings is 1.